The highest BCUT2D eigenvalue weighted by molar-refractivity contribution is 5.39. The minimum Gasteiger partial charge on any atom is -0.496 e. The maximum absolute atomic E-state index is 6.17. The molecule has 0 spiro atoms. The van der Waals surface area contributed by atoms with Gasteiger partial charge in [0, 0.05) is 23.4 Å². The van der Waals surface area contributed by atoms with Gasteiger partial charge in [-0.3, -0.25) is 0 Å². The van der Waals surface area contributed by atoms with E-state index < -0.39 is 0 Å². The monoisotopic (exact) mass is 245 g/mol. The quantitative estimate of drug-likeness (QED) is 0.828. The molecule has 0 saturated heterocycles. The second-order valence-corrected chi connectivity index (χ2v) is 5.61. The van der Waals surface area contributed by atoms with E-state index in [4.69, 9.17) is 10.5 Å². The van der Waals surface area contributed by atoms with Crippen LogP contribution in [0.4, 0.5) is 0 Å². The van der Waals surface area contributed by atoms with Crippen molar-refractivity contribution in [3.8, 4) is 17.6 Å². The molecule has 0 heterocycles. The largest absolute Gasteiger partial charge is 0.496 e. The van der Waals surface area contributed by atoms with Crippen molar-refractivity contribution in [2.24, 2.45) is 11.1 Å². The van der Waals surface area contributed by atoms with Crippen LogP contribution >= 0.6 is 0 Å². The second-order valence-electron chi connectivity index (χ2n) is 5.61. The Hall–Kier alpha value is -1.46. The summed E-state index contributed by atoms with van der Waals surface area (Å²) in [6, 6.07) is 5.98. The van der Waals surface area contributed by atoms with Crippen molar-refractivity contribution < 1.29 is 4.74 Å². The van der Waals surface area contributed by atoms with Gasteiger partial charge in [0.1, 0.15) is 5.75 Å². The van der Waals surface area contributed by atoms with Gasteiger partial charge in [-0.15, -0.1) is 5.92 Å². The van der Waals surface area contributed by atoms with Crippen molar-refractivity contribution in [2.45, 2.75) is 40.2 Å². The molecule has 0 aromatic heterocycles. The summed E-state index contributed by atoms with van der Waals surface area (Å²) in [5.74, 6) is 7.21. The van der Waals surface area contributed by atoms with Crippen LogP contribution in [0.3, 0.4) is 0 Å². The fraction of sp³-hybridized carbons (Fsp3) is 0.500. The molecule has 1 aromatic rings. The molecule has 1 atom stereocenters. The fourth-order valence-corrected chi connectivity index (χ4v) is 1.66. The van der Waals surface area contributed by atoms with Crippen LogP contribution in [0.1, 0.15) is 44.4 Å². The first kappa shape index (κ1) is 14.6. The van der Waals surface area contributed by atoms with E-state index in [-0.39, 0.29) is 11.5 Å². The topological polar surface area (TPSA) is 35.2 Å². The number of rotatable bonds is 3. The predicted octanol–water partition coefficient (Wildman–Crippen LogP) is 3.44. The van der Waals surface area contributed by atoms with Crippen molar-refractivity contribution in [1.82, 2.24) is 0 Å². The molecule has 18 heavy (non-hydrogen) atoms. The fourth-order valence-electron chi connectivity index (χ4n) is 1.66. The molecule has 0 saturated carbocycles. The van der Waals surface area contributed by atoms with Crippen molar-refractivity contribution in [3.63, 3.8) is 0 Å². The van der Waals surface area contributed by atoms with Crippen LogP contribution in [0.2, 0.25) is 0 Å². The molecule has 0 aliphatic rings. The van der Waals surface area contributed by atoms with E-state index >= 15 is 0 Å². The van der Waals surface area contributed by atoms with Crippen LogP contribution in [-0.2, 0) is 0 Å². The van der Waals surface area contributed by atoms with Gasteiger partial charge in [-0.2, -0.15) is 0 Å². The summed E-state index contributed by atoms with van der Waals surface area (Å²) < 4.78 is 5.37. The third-order valence-electron chi connectivity index (χ3n) is 2.57. The molecule has 0 bridgehead atoms. The van der Waals surface area contributed by atoms with Crippen LogP contribution in [-0.4, -0.2) is 7.11 Å². The molecule has 2 N–H and O–H groups in total. The highest BCUT2D eigenvalue weighted by atomic mass is 16.5. The van der Waals surface area contributed by atoms with E-state index in [2.05, 4.69) is 38.7 Å². The van der Waals surface area contributed by atoms with E-state index in [1.165, 1.54) is 5.56 Å². The molecule has 0 radical (unpaired) electrons. The second kappa shape index (κ2) is 5.93. The van der Waals surface area contributed by atoms with Gasteiger partial charge in [-0.25, -0.2) is 0 Å². The lowest BCUT2D eigenvalue weighted by molar-refractivity contribution is 0.405. The van der Waals surface area contributed by atoms with Crippen molar-refractivity contribution >= 4 is 0 Å². The Morgan fingerprint density at radius 1 is 1.33 bits per heavy atom. The normalized spacial score (nSPS) is 12.6. The Balaban J connectivity index is 2.83. The Morgan fingerprint density at radius 3 is 2.56 bits per heavy atom. The number of benzene rings is 1. The Morgan fingerprint density at radius 2 is 2.00 bits per heavy atom. The summed E-state index contributed by atoms with van der Waals surface area (Å²) in [6.45, 7) is 8.32. The molecule has 1 aromatic carbocycles. The van der Waals surface area contributed by atoms with Gasteiger partial charge in [0.15, 0.2) is 0 Å². The molecule has 0 aliphatic heterocycles. The zero-order valence-corrected chi connectivity index (χ0v) is 12.0. The number of methoxy groups -OCH3 is 1. The maximum atomic E-state index is 6.17. The number of aryl methyl sites for hydroxylation is 1. The first-order valence-electron chi connectivity index (χ1n) is 6.23. The Bertz CT molecular complexity index is 460. The van der Waals surface area contributed by atoms with Crippen LogP contribution in [0, 0.1) is 24.2 Å². The maximum Gasteiger partial charge on any atom is 0.123 e. The van der Waals surface area contributed by atoms with Gasteiger partial charge in [0.2, 0.25) is 0 Å². The van der Waals surface area contributed by atoms with Gasteiger partial charge >= 0.3 is 0 Å². The number of hydrogen-bond acceptors (Lipinski definition) is 2. The third kappa shape index (κ3) is 4.43. The molecule has 1 rings (SSSR count). The van der Waals surface area contributed by atoms with Gasteiger partial charge in [0.05, 0.1) is 7.11 Å². The molecule has 2 heteroatoms. The van der Waals surface area contributed by atoms with Gasteiger partial charge in [0.25, 0.3) is 0 Å². The Kier molecular flexibility index (Phi) is 4.81. The molecular weight excluding hydrogens is 222 g/mol. The van der Waals surface area contributed by atoms with E-state index in [0.29, 0.717) is 6.42 Å². The summed E-state index contributed by atoms with van der Waals surface area (Å²) in [5, 5.41) is 0. The number of hydrogen-bond donors (Lipinski definition) is 1. The standard InChI is InChI=1S/C16H23NO/c1-12-8-9-13(15(11-12)18-5)14(17)7-6-10-16(2,3)4/h8-9,11,14H,7,17H2,1-5H3. The van der Waals surface area contributed by atoms with Gasteiger partial charge < -0.3 is 10.5 Å². The van der Waals surface area contributed by atoms with Gasteiger partial charge in [-0.1, -0.05) is 18.1 Å². The van der Waals surface area contributed by atoms with Crippen LogP contribution in [0.15, 0.2) is 18.2 Å². The molecular formula is C16H23NO. The summed E-state index contributed by atoms with van der Waals surface area (Å²) >= 11 is 0. The molecule has 0 fully saturated rings. The summed E-state index contributed by atoms with van der Waals surface area (Å²) in [5.41, 5.74) is 8.38. The average molecular weight is 245 g/mol. The van der Waals surface area contributed by atoms with E-state index in [1.54, 1.807) is 7.11 Å². The highest BCUT2D eigenvalue weighted by Gasteiger charge is 2.11. The molecule has 0 aliphatic carbocycles. The zero-order chi connectivity index (χ0) is 13.8. The van der Waals surface area contributed by atoms with E-state index in [9.17, 15) is 0 Å². The smallest absolute Gasteiger partial charge is 0.123 e. The average Bonchev–Trinajstić information content (AvgIpc) is 2.26. The van der Waals surface area contributed by atoms with Gasteiger partial charge in [-0.05, 0) is 39.3 Å². The minimum absolute atomic E-state index is 0.0249. The predicted molar refractivity (Wildman–Crippen MR) is 76.5 cm³/mol. The van der Waals surface area contributed by atoms with E-state index in [0.717, 1.165) is 11.3 Å². The zero-order valence-electron chi connectivity index (χ0n) is 12.0. The number of ether oxygens (including phenoxy) is 1. The lowest BCUT2D eigenvalue weighted by Gasteiger charge is -2.14. The molecule has 2 nitrogen and oxygen atoms in total. The van der Waals surface area contributed by atoms with Crippen LogP contribution in [0.5, 0.6) is 5.75 Å². The Labute approximate surface area is 111 Å². The number of nitrogens with two attached hydrogens (primary N) is 1. The molecule has 1 unspecified atom stereocenters. The van der Waals surface area contributed by atoms with Crippen molar-refractivity contribution in [1.29, 1.82) is 0 Å². The van der Waals surface area contributed by atoms with E-state index in [1.807, 2.05) is 19.1 Å². The highest BCUT2D eigenvalue weighted by Crippen LogP contribution is 2.26. The SMILES string of the molecule is COc1cc(C)ccc1C(N)CC#CC(C)(C)C. The van der Waals surface area contributed by atoms with Crippen LogP contribution < -0.4 is 10.5 Å². The molecule has 98 valence electrons. The summed E-state index contributed by atoms with van der Waals surface area (Å²) in [7, 11) is 1.67. The van der Waals surface area contributed by atoms with Crippen LogP contribution in [0.25, 0.3) is 0 Å². The first-order chi connectivity index (χ1) is 8.33. The third-order valence-corrected chi connectivity index (χ3v) is 2.57. The lowest BCUT2D eigenvalue weighted by Crippen LogP contribution is -2.11. The summed E-state index contributed by atoms with van der Waals surface area (Å²) in [6.07, 6.45) is 0.649. The van der Waals surface area contributed by atoms with Crippen molar-refractivity contribution in [3.05, 3.63) is 29.3 Å². The summed E-state index contributed by atoms with van der Waals surface area (Å²) in [4.78, 5) is 0. The minimum atomic E-state index is -0.101. The van der Waals surface area contributed by atoms with Crippen molar-refractivity contribution in [2.75, 3.05) is 7.11 Å². The molecule has 0 amide bonds. The lowest BCUT2D eigenvalue weighted by atomic mass is 9.96. The first-order valence-corrected chi connectivity index (χ1v) is 6.23.